The second-order valence-electron chi connectivity index (χ2n) is 5.51. The first kappa shape index (κ1) is 16.0. The van der Waals surface area contributed by atoms with E-state index in [0.29, 0.717) is 13.0 Å². The molecule has 1 amide bonds. The molecule has 1 aromatic heterocycles. The lowest BCUT2D eigenvalue weighted by Gasteiger charge is -2.11. The highest BCUT2D eigenvalue weighted by molar-refractivity contribution is 7.98. The summed E-state index contributed by atoms with van der Waals surface area (Å²) in [5.74, 6) is 0.765. The van der Waals surface area contributed by atoms with Gasteiger partial charge in [-0.1, -0.05) is 6.07 Å². The van der Waals surface area contributed by atoms with Crippen molar-refractivity contribution < 1.29 is 9.90 Å². The molecule has 5 nitrogen and oxygen atoms in total. The van der Waals surface area contributed by atoms with Crippen molar-refractivity contribution in [1.82, 2.24) is 10.3 Å². The SMILES string of the molecule is O=C(Nc1ccc(SCc2cccnc2)cc1)C1CC(O)CN1. The molecule has 1 aromatic carbocycles. The number of hydrogen-bond acceptors (Lipinski definition) is 5. The Hall–Kier alpha value is -1.89. The van der Waals surface area contributed by atoms with Crippen LogP contribution < -0.4 is 10.6 Å². The molecule has 2 aromatic rings. The molecule has 6 heteroatoms. The molecule has 0 radical (unpaired) electrons. The number of anilines is 1. The van der Waals surface area contributed by atoms with Crippen molar-refractivity contribution in [3.63, 3.8) is 0 Å². The summed E-state index contributed by atoms with van der Waals surface area (Å²) in [7, 11) is 0. The van der Waals surface area contributed by atoms with Gasteiger partial charge in [-0.2, -0.15) is 0 Å². The van der Waals surface area contributed by atoms with Gasteiger partial charge >= 0.3 is 0 Å². The van der Waals surface area contributed by atoms with Crippen LogP contribution in [0.4, 0.5) is 5.69 Å². The summed E-state index contributed by atoms with van der Waals surface area (Å²) in [6.45, 7) is 0.474. The van der Waals surface area contributed by atoms with Gasteiger partial charge in [-0.05, 0) is 42.3 Å². The fourth-order valence-electron chi connectivity index (χ4n) is 2.43. The molecule has 0 saturated carbocycles. The third-order valence-corrected chi connectivity index (χ3v) is 4.76. The van der Waals surface area contributed by atoms with Crippen LogP contribution in [-0.4, -0.2) is 34.7 Å². The zero-order valence-electron chi connectivity index (χ0n) is 12.6. The van der Waals surface area contributed by atoms with E-state index in [4.69, 9.17) is 0 Å². The number of benzene rings is 1. The molecule has 23 heavy (non-hydrogen) atoms. The summed E-state index contributed by atoms with van der Waals surface area (Å²) in [6, 6.07) is 11.5. The molecule has 2 heterocycles. The number of hydrogen-bond donors (Lipinski definition) is 3. The lowest BCUT2D eigenvalue weighted by atomic mass is 10.2. The highest BCUT2D eigenvalue weighted by Crippen LogP contribution is 2.24. The Morgan fingerprint density at radius 1 is 1.35 bits per heavy atom. The second kappa shape index (κ2) is 7.59. The third-order valence-electron chi connectivity index (χ3n) is 3.67. The van der Waals surface area contributed by atoms with Gasteiger partial charge in [-0.25, -0.2) is 0 Å². The van der Waals surface area contributed by atoms with Crippen molar-refractivity contribution >= 4 is 23.4 Å². The molecule has 2 unspecified atom stereocenters. The fourth-order valence-corrected chi connectivity index (χ4v) is 3.26. The van der Waals surface area contributed by atoms with E-state index < -0.39 is 6.10 Å². The largest absolute Gasteiger partial charge is 0.392 e. The van der Waals surface area contributed by atoms with Crippen molar-refractivity contribution in [1.29, 1.82) is 0 Å². The van der Waals surface area contributed by atoms with Crippen molar-refractivity contribution in [3.05, 3.63) is 54.4 Å². The topological polar surface area (TPSA) is 74.2 Å². The van der Waals surface area contributed by atoms with Crippen LogP contribution in [0.2, 0.25) is 0 Å². The number of thioether (sulfide) groups is 1. The Bertz CT molecular complexity index is 649. The van der Waals surface area contributed by atoms with Gasteiger partial charge in [0.05, 0.1) is 12.1 Å². The van der Waals surface area contributed by atoms with Gasteiger partial charge in [0, 0.05) is 35.3 Å². The van der Waals surface area contributed by atoms with Crippen LogP contribution in [0.1, 0.15) is 12.0 Å². The molecule has 1 saturated heterocycles. The lowest BCUT2D eigenvalue weighted by Crippen LogP contribution is -2.35. The van der Waals surface area contributed by atoms with Crippen LogP contribution >= 0.6 is 11.8 Å². The first-order chi connectivity index (χ1) is 11.2. The van der Waals surface area contributed by atoms with Gasteiger partial charge in [0.15, 0.2) is 0 Å². The maximum atomic E-state index is 12.1. The Labute approximate surface area is 139 Å². The molecule has 120 valence electrons. The molecule has 1 aliphatic rings. The van der Waals surface area contributed by atoms with Gasteiger partial charge in [0.25, 0.3) is 0 Å². The number of aromatic nitrogens is 1. The molecule has 0 aliphatic carbocycles. The molecule has 3 N–H and O–H groups in total. The summed E-state index contributed by atoms with van der Waals surface area (Å²) in [6.07, 6.45) is 3.66. The number of nitrogens with zero attached hydrogens (tertiary/aromatic N) is 1. The number of rotatable bonds is 5. The molecule has 1 aliphatic heterocycles. The van der Waals surface area contributed by atoms with E-state index in [-0.39, 0.29) is 11.9 Å². The van der Waals surface area contributed by atoms with Crippen LogP contribution in [-0.2, 0) is 10.5 Å². The maximum Gasteiger partial charge on any atom is 0.241 e. The highest BCUT2D eigenvalue weighted by Gasteiger charge is 2.27. The summed E-state index contributed by atoms with van der Waals surface area (Å²) in [4.78, 5) is 17.3. The Morgan fingerprint density at radius 2 is 2.17 bits per heavy atom. The average Bonchev–Trinajstić information content (AvgIpc) is 3.02. The predicted molar refractivity (Wildman–Crippen MR) is 91.3 cm³/mol. The number of amides is 1. The van der Waals surface area contributed by atoms with E-state index in [0.717, 1.165) is 16.3 Å². The van der Waals surface area contributed by atoms with E-state index in [2.05, 4.69) is 21.7 Å². The van der Waals surface area contributed by atoms with Crippen molar-refractivity contribution in [2.24, 2.45) is 0 Å². The average molecular weight is 329 g/mol. The Morgan fingerprint density at radius 3 is 2.83 bits per heavy atom. The smallest absolute Gasteiger partial charge is 0.241 e. The molecular weight excluding hydrogens is 310 g/mol. The summed E-state index contributed by atoms with van der Waals surface area (Å²) in [5.41, 5.74) is 1.95. The molecule has 3 rings (SSSR count). The van der Waals surface area contributed by atoms with Crippen LogP contribution in [0.5, 0.6) is 0 Å². The van der Waals surface area contributed by atoms with Gasteiger partial charge in [0.1, 0.15) is 0 Å². The number of aliphatic hydroxyl groups is 1. The van der Waals surface area contributed by atoms with E-state index in [1.54, 1.807) is 18.0 Å². The van der Waals surface area contributed by atoms with E-state index in [1.165, 1.54) is 5.56 Å². The summed E-state index contributed by atoms with van der Waals surface area (Å²) >= 11 is 1.73. The number of carbonyl (C=O) groups is 1. The first-order valence-electron chi connectivity index (χ1n) is 7.55. The van der Waals surface area contributed by atoms with Gasteiger partial charge in [-0.15, -0.1) is 11.8 Å². The third kappa shape index (κ3) is 4.54. The zero-order valence-corrected chi connectivity index (χ0v) is 13.4. The number of pyridine rings is 1. The van der Waals surface area contributed by atoms with Gasteiger partial charge in [0.2, 0.25) is 5.91 Å². The number of carbonyl (C=O) groups excluding carboxylic acids is 1. The number of nitrogens with one attached hydrogen (secondary N) is 2. The van der Waals surface area contributed by atoms with E-state index in [9.17, 15) is 9.90 Å². The highest BCUT2D eigenvalue weighted by atomic mass is 32.2. The summed E-state index contributed by atoms with van der Waals surface area (Å²) < 4.78 is 0. The standard InChI is InChI=1S/C17H19N3O2S/c21-14-8-16(19-10-14)17(22)20-13-3-5-15(6-4-13)23-11-12-2-1-7-18-9-12/h1-7,9,14,16,19,21H,8,10-11H2,(H,20,22). The second-order valence-corrected chi connectivity index (χ2v) is 6.56. The van der Waals surface area contributed by atoms with Crippen LogP contribution in [0.15, 0.2) is 53.7 Å². The molecular formula is C17H19N3O2S. The Balaban J connectivity index is 1.51. The molecule has 0 bridgehead atoms. The summed E-state index contributed by atoms with van der Waals surface area (Å²) in [5, 5.41) is 15.3. The predicted octanol–water partition coefficient (Wildman–Crippen LogP) is 2.04. The molecule has 0 spiro atoms. The minimum atomic E-state index is -0.433. The van der Waals surface area contributed by atoms with Gasteiger partial charge in [-0.3, -0.25) is 9.78 Å². The minimum absolute atomic E-state index is 0.0997. The van der Waals surface area contributed by atoms with Crippen molar-refractivity contribution in [3.8, 4) is 0 Å². The molecule has 1 fully saturated rings. The van der Waals surface area contributed by atoms with Crippen LogP contribution in [0, 0.1) is 0 Å². The quantitative estimate of drug-likeness (QED) is 0.732. The van der Waals surface area contributed by atoms with Crippen LogP contribution in [0.3, 0.4) is 0 Å². The Kier molecular flexibility index (Phi) is 5.27. The van der Waals surface area contributed by atoms with Crippen LogP contribution in [0.25, 0.3) is 0 Å². The van der Waals surface area contributed by atoms with Crippen molar-refractivity contribution in [2.45, 2.75) is 29.2 Å². The van der Waals surface area contributed by atoms with E-state index in [1.807, 2.05) is 36.5 Å². The number of β-amino-alcohol motifs (C(OH)–C–C–N with tert-alkyl or cyclic N) is 1. The zero-order chi connectivity index (χ0) is 16.1. The van der Waals surface area contributed by atoms with Gasteiger partial charge < -0.3 is 15.7 Å². The molecule has 2 atom stereocenters. The monoisotopic (exact) mass is 329 g/mol. The lowest BCUT2D eigenvalue weighted by molar-refractivity contribution is -0.117. The van der Waals surface area contributed by atoms with E-state index >= 15 is 0 Å². The minimum Gasteiger partial charge on any atom is -0.392 e. The van der Waals surface area contributed by atoms with Crippen molar-refractivity contribution in [2.75, 3.05) is 11.9 Å². The number of aliphatic hydroxyl groups excluding tert-OH is 1. The fraction of sp³-hybridized carbons (Fsp3) is 0.294. The maximum absolute atomic E-state index is 12.1. The first-order valence-corrected chi connectivity index (χ1v) is 8.53. The normalized spacial score (nSPS) is 20.4.